The quantitative estimate of drug-likeness (QED) is 0.579. The molecule has 136 valence electrons. The zero-order valence-electron chi connectivity index (χ0n) is 14.4. The fourth-order valence-electron chi connectivity index (χ4n) is 2.48. The van der Waals surface area contributed by atoms with Gasteiger partial charge in [-0.15, -0.1) is 0 Å². The van der Waals surface area contributed by atoms with Crippen molar-refractivity contribution in [2.75, 3.05) is 27.4 Å². The largest absolute Gasteiger partial charge is 0.497 e. The first-order valence-electron chi connectivity index (χ1n) is 7.92. The molecule has 1 heterocycles. The van der Waals surface area contributed by atoms with E-state index in [0.29, 0.717) is 23.0 Å². The number of benzene rings is 2. The summed E-state index contributed by atoms with van der Waals surface area (Å²) < 4.78 is 26.4. The van der Waals surface area contributed by atoms with Gasteiger partial charge >= 0.3 is 5.97 Å². The summed E-state index contributed by atoms with van der Waals surface area (Å²) in [5, 5.41) is 0. The molecule has 0 aromatic heterocycles. The highest BCUT2D eigenvalue weighted by Gasteiger charge is 2.29. The SMILES string of the molecule is COc1ccc(OC)c(C(=O)COC(=O)[C@@H]2COc3ccccc3O2)c1. The molecule has 0 radical (unpaired) electrons. The number of carbonyl (C=O) groups is 2. The van der Waals surface area contributed by atoms with Crippen LogP contribution < -0.4 is 18.9 Å². The van der Waals surface area contributed by atoms with Crippen LogP contribution in [0.15, 0.2) is 42.5 Å². The molecule has 7 heteroatoms. The Hall–Kier alpha value is -3.22. The Kier molecular flexibility index (Phi) is 5.26. The zero-order chi connectivity index (χ0) is 18.5. The predicted octanol–water partition coefficient (Wildman–Crippen LogP) is 2.27. The van der Waals surface area contributed by atoms with Crippen LogP contribution in [-0.4, -0.2) is 45.3 Å². The molecular weight excluding hydrogens is 340 g/mol. The van der Waals surface area contributed by atoms with Crippen LogP contribution in [0.1, 0.15) is 10.4 Å². The lowest BCUT2D eigenvalue weighted by Crippen LogP contribution is -2.38. The van der Waals surface area contributed by atoms with Crippen molar-refractivity contribution in [3.8, 4) is 23.0 Å². The zero-order valence-corrected chi connectivity index (χ0v) is 14.4. The summed E-state index contributed by atoms with van der Waals surface area (Å²) in [6.07, 6.45) is -0.926. The molecule has 3 rings (SSSR count). The number of para-hydroxylation sites is 2. The predicted molar refractivity (Wildman–Crippen MR) is 91.2 cm³/mol. The summed E-state index contributed by atoms with van der Waals surface area (Å²) in [6.45, 7) is -0.420. The highest BCUT2D eigenvalue weighted by molar-refractivity contribution is 6.00. The minimum atomic E-state index is -0.926. The fraction of sp³-hybridized carbons (Fsp3) is 0.263. The van der Waals surface area contributed by atoms with Gasteiger partial charge in [0.1, 0.15) is 18.1 Å². The minimum absolute atomic E-state index is 0.0204. The number of carbonyl (C=O) groups excluding carboxylic acids is 2. The maximum Gasteiger partial charge on any atom is 0.351 e. The van der Waals surface area contributed by atoms with Gasteiger partial charge < -0.3 is 23.7 Å². The second-order valence-corrected chi connectivity index (χ2v) is 5.46. The molecule has 0 amide bonds. The highest BCUT2D eigenvalue weighted by atomic mass is 16.6. The maximum absolute atomic E-state index is 12.4. The molecule has 1 aliphatic rings. The van der Waals surface area contributed by atoms with Crippen LogP contribution in [0.5, 0.6) is 23.0 Å². The Bertz CT molecular complexity index is 815. The summed E-state index contributed by atoms with van der Waals surface area (Å²) in [7, 11) is 2.95. The Labute approximate surface area is 150 Å². The molecule has 2 aromatic rings. The molecule has 0 saturated carbocycles. The number of fused-ring (bicyclic) bond motifs is 1. The lowest BCUT2D eigenvalue weighted by Gasteiger charge is -2.24. The first kappa shape index (κ1) is 17.6. The van der Waals surface area contributed by atoms with E-state index in [9.17, 15) is 9.59 Å². The molecule has 1 aliphatic heterocycles. The molecule has 0 aliphatic carbocycles. The first-order valence-corrected chi connectivity index (χ1v) is 7.92. The minimum Gasteiger partial charge on any atom is -0.497 e. The average molecular weight is 358 g/mol. The van der Waals surface area contributed by atoms with Crippen LogP contribution in [-0.2, 0) is 9.53 Å². The number of hydrogen-bond donors (Lipinski definition) is 0. The standard InChI is InChI=1S/C19H18O7/c1-22-12-7-8-15(23-2)13(9-12)14(20)10-25-19(21)18-11-24-16-5-3-4-6-17(16)26-18/h3-9,18H,10-11H2,1-2H3/t18-/m0/s1. The Balaban J connectivity index is 1.62. The first-order chi connectivity index (χ1) is 12.6. The Morgan fingerprint density at radius 2 is 1.85 bits per heavy atom. The van der Waals surface area contributed by atoms with Crippen LogP contribution in [0.25, 0.3) is 0 Å². The molecule has 0 fully saturated rings. The van der Waals surface area contributed by atoms with Crippen LogP contribution in [0.4, 0.5) is 0 Å². The van der Waals surface area contributed by atoms with Crippen LogP contribution >= 0.6 is 0 Å². The number of ether oxygens (including phenoxy) is 5. The summed E-state index contributed by atoms with van der Waals surface area (Å²) in [6, 6.07) is 11.8. The van der Waals surface area contributed by atoms with Gasteiger partial charge in [-0.1, -0.05) is 12.1 Å². The van der Waals surface area contributed by atoms with E-state index in [-0.39, 0.29) is 12.2 Å². The van der Waals surface area contributed by atoms with Crippen molar-refractivity contribution in [2.24, 2.45) is 0 Å². The van der Waals surface area contributed by atoms with E-state index in [2.05, 4.69) is 0 Å². The van der Waals surface area contributed by atoms with Gasteiger partial charge in [0.05, 0.1) is 19.8 Å². The summed E-state index contributed by atoms with van der Waals surface area (Å²) in [5.74, 6) is 0.815. The topological polar surface area (TPSA) is 80.3 Å². The van der Waals surface area contributed by atoms with E-state index >= 15 is 0 Å². The molecule has 0 spiro atoms. The van der Waals surface area contributed by atoms with E-state index in [4.69, 9.17) is 23.7 Å². The summed E-state index contributed by atoms with van der Waals surface area (Å²) in [5.41, 5.74) is 0.269. The number of ketones is 1. The molecule has 0 N–H and O–H groups in total. The van der Waals surface area contributed by atoms with Gasteiger partial charge in [0, 0.05) is 0 Å². The molecule has 2 aromatic carbocycles. The van der Waals surface area contributed by atoms with Crippen molar-refractivity contribution >= 4 is 11.8 Å². The summed E-state index contributed by atoms with van der Waals surface area (Å²) in [4.78, 5) is 24.6. The third-order valence-corrected chi connectivity index (χ3v) is 3.82. The van der Waals surface area contributed by atoms with E-state index in [1.807, 2.05) is 0 Å². The van der Waals surface area contributed by atoms with Crippen molar-refractivity contribution < 1.29 is 33.3 Å². The Morgan fingerprint density at radius 3 is 2.58 bits per heavy atom. The number of rotatable bonds is 6. The second-order valence-electron chi connectivity index (χ2n) is 5.46. The molecule has 0 saturated heterocycles. The van der Waals surface area contributed by atoms with Crippen molar-refractivity contribution in [2.45, 2.75) is 6.10 Å². The molecule has 0 bridgehead atoms. The third kappa shape index (κ3) is 3.72. The van der Waals surface area contributed by atoms with Crippen LogP contribution in [0.3, 0.4) is 0 Å². The second kappa shape index (κ2) is 7.77. The molecule has 0 unspecified atom stereocenters. The van der Waals surface area contributed by atoms with Crippen molar-refractivity contribution in [1.29, 1.82) is 0 Å². The maximum atomic E-state index is 12.4. The molecular formula is C19H18O7. The van der Waals surface area contributed by atoms with E-state index < -0.39 is 24.5 Å². The molecule has 26 heavy (non-hydrogen) atoms. The van der Waals surface area contributed by atoms with E-state index in [1.165, 1.54) is 20.3 Å². The Morgan fingerprint density at radius 1 is 1.08 bits per heavy atom. The smallest absolute Gasteiger partial charge is 0.351 e. The lowest BCUT2D eigenvalue weighted by atomic mass is 10.1. The van der Waals surface area contributed by atoms with Gasteiger partial charge in [0.2, 0.25) is 11.9 Å². The average Bonchev–Trinajstić information content (AvgIpc) is 2.70. The van der Waals surface area contributed by atoms with Gasteiger partial charge in [0.15, 0.2) is 18.1 Å². The van der Waals surface area contributed by atoms with Crippen LogP contribution in [0, 0.1) is 0 Å². The van der Waals surface area contributed by atoms with Gasteiger partial charge in [-0.3, -0.25) is 4.79 Å². The number of Topliss-reactive ketones (excluding diaryl/α,β-unsaturated/α-hetero) is 1. The lowest BCUT2D eigenvalue weighted by molar-refractivity contribution is -0.153. The fourth-order valence-corrected chi connectivity index (χ4v) is 2.48. The summed E-state index contributed by atoms with van der Waals surface area (Å²) >= 11 is 0. The number of hydrogen-bond acceptors (Lipinski definition) is 7. The number of methoxy groups -OCH3 is 2. The van der Waals surface area contributed by atoms with Crippen molar-refractivity contribution in [3.05, 3.63) is 48.0 Å². The van der Waals surface area contributed by atoms with Gasteiger partial charge in [-0.2, -0.15) is 0 Å². The molecule has 7 nitrogen and oxygen atoms in total. The van der Waals surface area contributed by atoms with E-state index in [1.54, 1.807) is 36.4 Å². The normalized spacial score (nSPS) is 15.1. The third-order valence-electron chi connectivity index (χ3n) is 3.82. The van der Waals surface area contributed by atoms with Crippen LogP contribution in [0.2, 0.25) is 0 Å². The van der Waals surface area contributed by atoms with Gasteiger partial charge in [-0.25, -0.2) is 4.79 Å². The molecule has 1 atom stereocenters. The number of esters is 1. The monoisotopic (exact) mass is 358 g/mol. The van der Waals surface area contributed by atoms with Crippen molar-refractivity contribution in [1.82, 2.24) is 0 Å². The highest BCUT2D eigenvalue weighted by Crippen LogP contribution is 2.31. The van der Waals surface area contributed by atoms with Gasteiger partial charge in [-0.05, 0) is 30.3 Å². The van der Waals surface area contributed by atoms with E-state index in [0.717, 1.165) is 0 Å². The van der Waals surface area contributed by atoms with Crippen molar-refractivity contribution in [3.63, 3.8) is 0 Å². The van der Waals surface area contributed by atoms with Gasteiger partial charge in [0.25, 0.3) is 0 Å².